The number of piperidine rings is 2. The van der Waals surface area contributed by atoms with Crippen LogP contribution >= 0.6 is 0 Å². The number of aromatic nitrogens is 6. The normalized spacial score (nSPS) is 16.1. The van der Waals surface area contributed by atoms with Gasteiger partial charge in [-0.2, -0.15) is 19.0 Å². The summed E-state index contributed by atoms with van der Waals surface area (Å²) in [5.41, 5.74) is 3.54. The van der Waals surface area contributed by atoms with Gasteiger partial charge in [-0.25, -0.2) is 4.79 Å². The van der Waals surface area contributed by atoms with Crippen LogP contribution in [0.4, 0.5) is 8.78 Å². The molecule has 4 aromatic heterocycles. The van der Waals surface area contributed by atoms with Crippen LogP contribution in [-0.4, -0.2) is 122 Å². The number of carboxylic acid groups (broad SMARTS) is 1. The molecule has 2 N–H and O–H groups in total. The van der Waals surface area contributed by atoms with Crippen LogP contribution in [0.15, 0.2) is 104 Å². The number of ether oxygens (including phenoxy) is 6. The fourth-order valence-corrected chi connectivity index (χ4v) is 9.86. The largest absolute Gasteiger partial charge is 0.494 e. The number of carboxylic acids is 1. The van der Waals surface area contributed by atoms with Gasteiger partial charge < -0.3 is 48.4 Å². The molecule has 0 spiro atoms. The van der Waals surface area contributed by atoms with Crippen molar-refractivity contribution >= 4 is 39.6 Å². The summed E-state index contributed by atoms with van der Waals surface area (Å²) in [6.45, 7) is 0.871. The average Bonchev–Trinajstić information content (AvgIpc) is 4.04. The summed E-state index contributed by atoms with van der Waals surface area (Å²) in [5, 5.41) is 32.6. The smallest absolute Gasteiger partial charge is 0.394 e. The molecule has 6 heterocycles. The lowest BCUT2D eigenvalue weighted by molar-refractivity contribution is -0.156. The first-order valence-electron chi connectivity index (χ1n) is 24.0. The van der Waals surface area contributed by atoms with Crippen molar-refractivity contribution in [3.63, 3.8) is 0 Å². The first-order chi connectivity index (χ1) is 36.4. The number of hydrogen-bond donors (Lipinski definition) is 2. The Bertz CT molecular complexity index is 3460. The van der Waals surface area contributed by atoms with Crippen LogP contribution in [0.1, 0.15) is 49.4 Å². The summed E-state index contributed by atoms with van der Waals surface area (Å²) < 4.78 is 68.7. The van der Waals surface area contributed by atoms with Crippen LogP contribution < -0.4 is 28.4 Å². The molecule has 2 aliphatic heterocycles. The van der Waals surface area contributed by atoms with Crippen molar-refractivity contribution in [2.75, 3.05) is 54.6 Å². The van der Waals surface area contributed by atoms with Crippen LogP contribution in [0.5, 0.6) is 46.0 Å². The highest BCUT2D eigenvalue weighted by Crippen LogP contribution is 2.42. The average molecular weight is 1030 g/mol. The number of aliphatic carboxylic acids is 1. The Balaban J connectivity index is 0.898. The predicted octanol–water partition coefficient (Wildman–Crippen LogP) is 8.55. The van der Waals surface area contributed by atoms with Crippen molar-refractivity contribution in [1.82, 2.24) is 39.3 Å². The van der Waals surface area contributed by atoms with E-state index in [2.05, 4.69) is 9.97 Å². The van der Waals surface area contributed by atoms with Gasteiger partial charge in [0.1, 0.15) is 33.9 Å². The summed E-state index contributed by atoms with van der Waals surface area (Å²) in [5.74, 6) is -3.86. The van der Waals surface area contributed by atoms with Gasteiger partial charge in [0.05, 0.1) is 63.7 Å². The van der Waals surface area contributed by atoms with Crippen molar-refractivity contribution in [2.45, 2.75) is 43.9 Å². The maximum absolute atomic E-state index is 16.4. The highest BCUT2D eigenvalue weighted by molar-refractivity contribution is 6.31. The number of carbonyl (C=O) groups excluding carboxylic acids is 2. The zero-order valence-corrected chi connectivity index (χ0v) is 41.1. The minimum Gasteiger partial charge on any atom is -0.494 e. The number of likely N-dealkylation sites (tertiary alicyclic amines) is 2. The van der Waals surface area contributed by atoms with E-state index < -0.39 is 41.3 Å². The maximum Gasteiger partial charge on any atom is 0.394 e. The number of carbonyl (C=O) groups is 3. The van der Waals surface area contributed by atoms with Crippen LogP contribution in [0.2, 0.25) is 0 Å². The Kier molecular flexibility index (Phi) is 13.9. The fourth-order valence-electron chi connectivity index (χ4n) is 9.86. The topological polar surface area (TPSA) is 215 Å². The lowest BCUT2D eigenvalue weighted by Gasteiger charge is -2.34. The van der Waals surface area contributed by atoms with E-state index in [-0.39, 0.29) is 53.7 Å². The van der Waals surface area contributed by atoms with Crippen molar-refractivity contribution in [3.05, 3.63) is 121 Å². The summed E-state index contributed by atoms with van der Waals surface area (Å²) in [7, 11) is 5.70. The van der Waals surface area contributed by atoms with E-state index in [0.717, 1.165) is 0 Å². The molecule has 0 saturated carbocycles. The van der Waals surface area contributed by atoms with Crippen molar-refractivity contribution < 1.29 is 61.8 Å². The molecule has 2 fully saturated rings. The highest BCUT2D eigenvalue weighted by atomic mass is 19.1. The molecule has 21 heteroatoms. The number of aliphatic hydroxyl groups excluding tert-OH is 1. The van der Waals surface area contributed by atoms with Gasteiger partial charge in [0.25, 0.3) is 5.91 Å². The predicted molar refractivity (Wildman–Crippen MR) is 267 cm³/mol. The summed E-state index contributed by atoms with van der Waals surface area (Å²) in [4.78, 5) is 50.0. The number of methoxy groups -OCH3 is 4. The van der Waals surface area contributed by atoms with Gasteiger partial charge in [-0.15, -0.1) is 0 Å². The number of rotatable bonds is 14. The number of benzene rings is 4. The van der Waals surface area contributed by atoms with E-state index in [1.807, 2.05) is 4.68 Å². The molecule has 10 rings (SSSR count). The van der Waals surface area contributed by atoms with Gasteiger partial charge in [0.15, 0.2) is 40.6 Å². The molecule has 75 heavy (non-hydrogen) atoms. The van der Waals surface area contributed by atoms with Gasteiger partial charge in [-0.3, -0.25) is 28.9 Å². The Morgan fingerprint density at radius 3 is 1.63 bits per heavy atom. The van der Waals surface area contributed by atoms with Gasteiger partial charge in [0.2, 0.25) is 11.6 Å². The molecule has 8 aromatic rings. The molecule has 19 nitrogen and oxygen atoms in total. The van der Waals surface area contributed by atoms with Crippen molar-refractivity contribution in [3.8, 4) is 68.5 Å². The first kappa shape index (κ1) is 49.7. The lowest BCUT2D eigenvalue weighted by Crippen LogP contribution is -2.44. The van der Waals surface area contributed by atoms with E-state index in [1.54, 1.807) is 84.1 Å². The van der Waals surface area contributed by atoms with E-state index in [9.17, 15) is 29.0 Å². The molecular weight excluding hydrogens is 975 g/mol. The minimum absolute atomic E-state index is 0.00239. The quantitative estimate of drug-likeness (QED) is 0.0976. The first-order valence-corrected chi connectivity index (χ1v) is 24.0. The van der Waals surface area contributed by atoms with Crippen LogP contribution in [0.3, 0.4) is 0 Å². The number of nitrogens with zero attached hydrogens (tertiary/aromatic N) is 8. The Morgan fingerprint density at radius 2 is 1.09 bits per heavy atom. The number of halogens is 2. The third-order valence-corrected chi connectivity index (χ3v) is 13.5. The van der Waals surface area contributed by atoms with Gasteiger partial charge in [-0.05, 0) is 98.5 Å². The molecule has 4 aromatic carbocycles. The number of amides is 2. The number of pyridine rings is 2. The molecule has 3 atom stereocenters. The second-order valence-electron chi connectivity index (χ2n) is 17.9. The third-order valence-electron chi connectivity index (χ3n) is 13.5. The summed E-state index contributed by atoms with van der Waals surface area (Å²) >= 11 is 0. The minimum atomic E-state index is -1.85. The number of hydrogen-bond acceptors (Lipinski definition) is 14. The SMILES string of the molecule is COc1cccc(Oc2ccc(-c3nn(C4CCCN(C(=O)C(O)c5ccc(OC)c(F)c5Oc5ccc(-c6nn(C7CCCN(C(=O)C(=O)O)C7)c7c(OC)cncc67)cc5)C4)c4c(OC)cncc34)cc2)c1F. The van der Waals surface area contributed by atoms with Crippen molar-refractivity contribution in [2.24, 2.45) is 0 Å². The Hall–Kier alpha value is -8.85. The standard InChI is InChI=1S/C54H50F2N8O11/c1-70-39-10-5-11-41(44(39)55)74-34-16-12-30(13-17-34)46-37-24-57-26-42(72-3)48(37)63(59-46)32-8-6-22-61(28-32)52(66)50(65)36-20-21-40(71-2)45(56)51(36)75-35-18-14-31(15-19-35)47-38-25-58-27-43(73-4)49(38)64(60-47)33-9-7-23-62(29-33)53(67)54(68)69/h5,10-21,24-27,32-33,50,65H,6-9,22-23,28-29H2,1-4H3,(H,68,69). The lowest BCUT2D eigenvalue weighted by atomic mass is 10.0. The zero-order chi connectivity index (χ0) is 52.5. The molecular formula is C54H50F2N8O11. The molecule has 2 aliphatic rings. The van der Waals surface area contributed by atoms with Crippen LogP contribution in [-0.2, 0) is 14.4 Å². The monoisotopic (exact) mass is 1020 g/mol. The Morgan fingerprint density at radius 1 is 0.600 bits per heavy atom. The van der Waals surface area contributed by atoms with Gasteiger partial charge in [-0.1, -0.05) is 6.07 Å². The molecule has 0 radical (unpaired) electrons. The van der Waals surface area contributed by atoms with Crippen LogP contribution in [0, 0.1) is 11.6 Å². The molecule has 3 unspecified atom stereocenters. The van der Waals surface area contributed by atoms with E-state index in [1.165, 1.54) is 62.5 Å². The van der Waals surface area contributed by atoms with E-state index >= 15 is 4.39 Å². The van der Waals surface area contributed by atoms with Crippen molar-refractivity contribution in [1.29, 1.82) is 0 Å². The Labute approximate surface area is 427 Å². The summed E-state index contributed by atoms with van der Waals surface area (Å²) in [6.07, 6.45) is 6.96. The summed E-state index contributed by atoms with van der Waals surface area (Å²) in [6, 6.07) is 20.2. The highest BCUT2D eigenvalue weighted by Gasteiger charge is 2.35. The second kappa shape index (κ2) is 20.9. The zero-order valence-electron chi connectivity index (χ0n) is 41.1. The molecule has 386 valence electrons. The number of fused-ring (bicyclic) bond motifs is 2. The number of aliphatic hydroxyl groups is 1. The third kappa shape index (κ3) is 9.41. The van der Waals surface area contributed by atoms with Gasteiger partial charge >= 0.3 is 11.9 Å². The fraction of sp³-hybridized carbons (Fsp3) is 0.278. The van der Waals surface area contributed by atoms with E-state index in [4.69, 9.17) is 38.6 Å². The van der Waals surface area contributed by atoms with Gasteiger partial charge in [0, 0.05) is 55.3 Å². The molecule has 2 amide bonds. The maximum atomic E-state index is 16.4. The molecule has 2 saturated heterocycles. The second-order valence-corrected chi connectivity index (χ2v) is 17.9. The van der Waals surface area contributed by atoms with E-state index in [0.29, 0.717) is 100 Å². The molecule has 0 aliphatic carbocycles. The molecule has 0 bridgehead atoms. The van der Waals surface area contributed by atoms with Crippen LogP contribution in [0.25, 0.3) is 44.3 Å².